The third kappa shape index (κ3) is 2.39. The average Bonchev–Trinajstić information content (AvgIpc) is 3.04. The standard InChI is InChI=1S/C15H18N4/c1-2-14(16)12-6-8-18(9-12)10-13-11-19-7-4-3-5-15(19)17-13/h3-9,11,14H,2,10,16H2,1H3. The largest absolute Gasteiger partial charge is 0.348 e. The van der Waals surface area contributed by atoms with Crippen molar-refractivity contribution >= 4 is 5.65 Å². The quantitative estimate of drug-likeness (QED) is 0.778. The lowest BCUT2D eigenvalue weighted by Crippen LogP contribution is -2.07. The van der Waals surface area contributed by atoms with Crippen LogP contribution in [0.1, 0.15) is 30.6 Å². The molecule has 0 aromatic carbocycles. The van der Waals surface area contributed by atoms with Crippen molar-refractivity contribution in [3.63, 3.8) is 0 Å². The Labute approximate surface area is 112 Å². The summed E-state index contributed by atoms with van der Waals surface area (Å²) < 4.78 is 4.17. The molecule has 3 aromatic heterocycles. The molecule has 19 heavy (non-hydrogen) atoms. The van der Waals surface area contributed by atoms with Gasteiger partial charge in [0.1, 0.15) is 5.65 Å². The minimum Gasteiger partial charge on any atom is -0.348 e. The number of rotatable bonds is 4. The molecule has 98 valence electrons. The molecule has 0 bridgehead atoms. The Morgan fingerprint density at radius 2 is 2.11 bits per heavy atom. The fourth-order valence-corrected chi connectivity index (χ4v) is 2.26. The van der Waals surface area contributed by atoms with Gasteiger partial charge in [0.05, 0.1) is 12.2 Å². The second kappa shape index (κ2) is 4.90. The van der Waals surface area contributed by atoms with Gasteiger partial charge in [-0.3, -0.25) is 0 Å². The lowest BCUT2D eigenvalue weighted by Gasteiger charge is -2.05. The third-order valence-electron chi connectivity index (χ3n) is 3.40. The fourth-order valence-electron chi connectivity index (χ4n) is 2.26. The number of nitrogens with two attached hydrogens (primary N) is 1. The predicted octanol–water partition coefficient (Wildman–Crippen LogP) is 2.59. The van der Waals surface area contributed by atoms with Crippen molar-refractivity contribution in [2.24, 2.45) is 5.73 Å². The van der Waals surface area contributed by atoms with Crippen molar-refractivity contribution in [2.45, 2.75) is 25.9 Å². The lowest BCUT2D eigenvalue weighted by atomic mass is 10.1. The van der Waals surface area contributed by atoms with Gasteiger partial charge in [-0.1, -0.05) is 13.0 Å². The highest BCUT2D eigenvalue weighted by Crippen LogP contribution is 2.15. The molecule has 0 aliphatic rings. The van der Waals surface area contributed by atoms with Gasteiger partial charge in [0.15, 0.2) is 0 Å². The first-order chi connectivity index (χ1) is 9.26. The van der Waals surface area contributed by atoms with Crippen LogP contribution in [-0.2, 0) is 6.54 Å². The van der Waals surface area contributed by atoms with Crippen LogP contribution in [0.25, 0.3) is 5.65 Å². The highest BCUT2D eigenvalue weighted by Gasteiger charge is 2.06. The van der Waals surface area contributed by atoms with Crippen LogP contribution < -0.4 is 5.73 Å². The van der Waals surface area contributed by atoms with Gasteiger partial charge in [0, 0.05) is 30.8 Å². The van der Waals surface area contributed by atoms with Crippen LogP contribution in [0.5, 0.6) is 0 Å². The zero-order valence-corrected chi connectivity index (χ0v) is 11.0. The molecule has 4 heteroatoms. The van der Waals surface area contributed by atoms with Gasteiger partial charge in [-0.25, -0.2) is 4.98 Å². The van der Waals surface area contributed by atoms with Crippen LogP contribution in [-0.4, -0.2) is 14.0 Å². The van der Waals surface area contributed by atoms with Crippen molar-refractivity contribution in [3.05, 3.63) is 60.3 Å². The minimum absolute atomic E-state index is 0.127. The number of pyridine rings is 1. The molecule has 2 N–H and O–H groups in total. The van der Waals surface area contributed by atoms with Crippen LogP contribution in [0, 0.1) is 0 Å². The molecule has 0 saturated heterocycles. The topological polar surface area (TPSA) is 48.2 Å². The SMILES string of the molecule is CCC(N)c1ccn(Cc2cn3ccccc3n2)c1. The summed E-state index contributed by atoms with van der Waals surface area (Å²) in [7, 11) is 0. The maximum atomic E-state index is 6.03. The van der Waals surface area contributed by atoms with E-state index in [2.05, 4.69) is 41.1 Å². The van der Waals surface area contributed by atoms with E-state index in [1.165, 1.54) is 5.56 Å². The maximum absolute atomic E-state index is 6.03. The van der Waals surface area contributed by atoms with E-state index in [9.17, 15) is 0 Å². The normalized spacial score (nSPS) is 12.9. The van der Waals surface area contributed by atoms with Crippen LogP contribution >= 0.6 is 0 Å². The van der Waals surface area contributed by atoms with E-state index in [4.69, 9.17) is 5.73 Å². The van der Waals surface area contributed by atoms with Crippen LogP contribution in [0.3, 0.4) is 0 Å². The first-order valence-electron chi connectivity index (χ1n) is 6.60. The van der Waals surface area contributed by atoms with E-state index in [1.807, 2.05) is 28.8 Å². The molecule has 0 amide bonds. The summed E-state index contributed by atoms with van der Waals surface area (Å²) >= 11 is 0. The van der Waals surface area contributed by atoms with Crippen LogP contribution in [0.2, 0.25) is 0 Å². The maximum Gasteiger partial charge on any atom is 0.137 e. The zero-order chi connectivity index (χ0) is 13.2. The molecule has 0 radical (unpaired) electrons. The van der Waals surface area contributed by atoms with Crippen molar-refractivity contribution < 1.29 is 0 Å². The summed E-state index contributed by atoms with van der Waals surface area (Å²) in [6, 6.07) is 8.23. The van der Waals surface area contributed by atoms with Gasteiger partial charge >= 0.3 is 0 Å². The van der Waals surface area contributed by atoms with Crippen LogP contribution in [0.15, 0.2) is 49.1 Å². The Morgan fingerprint density at radius 1 is 1.21 bits per heavy atom. The second-order valence-electron chi connectivity index (χ2n) is 4.83. The second-order valence-corrected chi connectivity index (χ2v) is 4.83. The van der Waals surface area contributed by atoms with Crippen molar-refractivity contribution in [3.8, 4) is 0 Å². The number of fused-ring (bicyclic) bond motifs is 1. The fraction of sp³-hybridized carbons (Fsp3) is 0.267. The number of imidazole rings is 1. The minimum atomic E-state index is 0.127. The summed E-state index contributed by atoms with van der Waals surface area (Å²) in [4.78, 5) is 4.59. The molecule has 0 fully saturated rings. The Hall–Kier alpha value is -2.07. The smallest absolute Gasteiger partial charge is 0.137 e. The predicted molar refractivity (Wildman–Crippen MR) is 75.9 cm³/mol. The molecular formula is C15H18N4. The van der Waals surface area contributed by atoms with Crippen molar-refractivity contribution in [2.75, 3.05) is 0 Å². The van der Waals surface area contributed by atoms with E-state index in [0.29, 0.717) is 0 Å². The Bertz CT molecular complexity index is 647. The van der Waals surface area contributed by atoms with Crippen molar-refractivity contribution in [1.82, 2.24) is 14.0 Å². The average molecular weight is 254 g/mol. The van der Waals surface area contributed by atoms with E-state index in [-0.39, 0.29) is 6.04 Å². The van der Waals surface area contributed by atoms with Gasteiger partial charge < -0.3 is 14.7 Å². The zero-order valence-electron chi connectivity index (χ0n) is 11.0. The van der Waals surface area contributed by atoms with Crippen LogP contribution in [0.4, 0.5) is 0 Å². The summed E-state index contributed by atoms with van der Waals surface area (Å²) in [5.74, 6) is 0. The van der Waals surface area contributed by atoms with Gasteiger partial charge in [0.25, 0.3) is 0 Å². The molecule has 0 aliphatic heterocycles. The molecule has 1 unspecified atom stereocenters. The molecule has 3 rings (SSSR count). The molecule has 0 aliphatic carbocycles. The highest BCUT2D eigenvalue weighted by atomic mass is 15.0. The molecule has 0 saturated carbocycles. The van der Waals surface area contributed by atoms with Crippen molar-refractivity contribution in [1.29, 1.82) is 0 Å². The van der Waals surface area contributed by atoms with Gasteiger partial charge in [0.2, 0.25) is 0 Å². The summed E-state index contributed by atoms with van der Waals surface area (Å²) in [5.41, 5.74) is 9.25. The monoisotopic (exact) mass is 254 g/mol. The lowest BCUT2D eigenvalue weighted by molar-refractivity contribution is 0.692. The molecule has 4 nitrogen and oxygen atoms in total. The third-order valence-corrected chi connectivity index (χ3v) is 3.40. The van der Waals surface area contributed by atoms with E-state index < -0.39 is 0 Å². The number of hydrogen-bond acceptors (Lipinski definition) is 2. The summed E-state index contributed by atoms with van der Waals surface area (Å²) in [6.45, 7) is 2.88. The summed E-state index contributed by atoms with van der Waals surface area (Å²) in [6.07, 6.45) is 9.21. The van der Waals surface area contributed by atoms with E-state index in [0.717, 1.165) is 24.3 Å². The van der Waals surface area contributed by atoms with Gasteiger partial charge in [-0.15, -0.1) is 0 Å². The molecule has 3 heterocycles. The summed E-state index contributed by atoms with van der Waals surface area (Å²) in [5, 5.41) is 0. The highest BCUT2D eigenvalue weighted by molar-refractivity contribution is 5.39. The van der Waals surface area contributed by atoms with Gasteiger partial charge in [-0.2, -0.15) is 0 Å². The molecule has 3 aromatic rings. The Kier molecular flexibility index (Phi) is 3.09. The number of hydrogen-bond donors (Lipinski definition) is 1. The molecule has 0 spiro atoms. The number of nitrogens with zero attached hydrogens (tertiary/aromatic N) is 3. The number of aromatic nitrogens is 3. The van der Waals surface area contributed by atoms with E-state index >= 15 is 0 Å². The molecule has 1 atom stereocenters. The Balaban J connectivity index is 1.82. The first kappa shape index (κ1) is 12.0. The Morgan fingerprint density at radius 3 is 2.89 bits per heavy atom. The first-order valence-corrected chi connectivity index (χ1v) is 6.60. The van der Waals surface area contributed by atoms with E-state index in [1.54, 1.807) is 0 Å². The van der Waals surface area contributed by atoms with Gasteiger partial charge in [-0.05, 0) is 30.2 Å². The molecular weight excluding hydrogens is 236 g/mol.